The van der Waals surface area contributed by atoms with E-state index in [1.54, 1.807) is 18.2 Å². The third-order valence-corrected chi connectivity index (χ3v) is 5.64. The van der Waals surface area contributed by atoms with Gasteiger partial charge in [0.15, 0.2) is 0 Å². The molecule has 0 saturated carbocycles. The lowest BCUT2D eigenvalue weighted by molar-refractivity contribution is -0.205. The summed E-state index contributed by atoms with van der Waals surface area (Å²) in [6, 6.07) is 7.99. The number of oxime groups is 1. The smallest absolute Gasteiger partial charge is 0.454 e. The van der Waals surface area contributed by atoms with Gasteiger partial charge in [0.1, 0.15) is 41.0 Å². The summed E-state index contributed by atoms with van der Waals surface area (Å²) in [4.78, 5) is 12.3. The standard InChI is InChI=1S/C18H23NO11S2/c1-2-11(28-17(24)10-6-4-3-5-7-10)8-13(19-30-32(25,26)27)31-18-16(23)15(22)14(21)12(9-20)29-18/h2-7,11-12,14-16,18,20-23H,1,8-9H2,(H,25,26,27)/b19-13+/t11-,12+,14-,15-,16-,18-/m1/s1. The van der Waals surface area contributed by atoms with Crippen LogP contribution in [0, 0.1) is 0 Å². The number of hydrogen-bond donors (Lipinski definition) is 5. The van der Waals surface area contributed by atoms with Gasteiger partial charge in [0, 0.05) is 6.42 Å². The maximum absolute atomic E-state index is 12.3. The number of thioether (sulfide) groups is 1. The van der Waals surface area contributed by atoms with Gasteiger partial charge in [0.2, 0.25) is 0 Å². The van der Waals surface area contributed by atoms with E-state index in [2.05, 4.69) is 16.0 Å². The Morgan fingerprint density at radius 3 is 2.44 bits per heavy atom. The second-order valence-electron chi connectivity index (χ2n) is 6.55. The predicted molar refractivity (Wildman–Crippen MR) is 112 cm³/mol. The van der Waals surface area contributed by atoms with Gasteiger partial charge in [-0.25, -0.2) is 9.08 Å². The first-order chi connectivity index (χ1) is 15.1. The molecule has 1 aliphatic rings. The number of carbonyl (C=O) groups excluding carboxylic acids is 1. The van der Waals surface area contributed by atoms with E-state index in [9.17, 15) is 33.6 Å². The van der Waals surface area contributed by atoms with Crippen molar-refractivity contribution in [2.24, 2.45) is 5.16 Å². The molecule has 1 aliphatic heterocycles. The van der Waals surface area contributed by atoms with E-state index in [4.69, 9.17) is 14.0 Å². The van der Waals surface area contributed by atoms with Gasteiger partial charge in [-0.15, -0.1) is 0 Å². The van der Waals surface area contributed by atoms with Crippen molar-refractivity contribution in [3.8, 4) is 0 Å². The van der Waals surface area contributed by atoms with Crippen LogP contribution in [-0.2, 0) is 24.2 Å². The van der Waals surface area contributed by atoms with Gasteiger partial charge in [-0.05, 0) is 12.1 Å². The number of benzene rings is 1. The van der Waals surface area contributed by atoms with Gasteiger partial charge in [-0.1, -0.05) is 47.8 Å². The summed E-state index contributed by atoms with van der Waals surface area (Å²) in [5.41, 5.74) is -1.09. The van der Waals surface area contributed by atoms with Crippen molar-refractivity contribution in [3.05, 3.63) is 48.6 Å². The van der Waals surface area contributed by atoms with E-state index in [1.807, 2.05) is 0 Å². The largest absolute Gasteiger partial charge is 0.466 e. The molecular formula is C18H23NO11S2. The summed E-state index contributed by atoms with van der Waals surface area (Å²) in [6.45, 7) is 2.86. The summed E-state index contributed by atoms with van der Waals surface area (Å²) in [6.07, 6.45) is -6.29. The van der Waals surface area contributed by atoms with Gasteiger partial charge in [0.25, 0.3) is 0 Å². The fraction of sp³-hybridized carbons (Fsp3) is 0.444. The molecule has 32 heavy (non-hydrogen) atoms. The molecule has 1 heterocycles. The van der Waals surface area contributed by atoms with Crippen molar-refractivity contribution in [3.63, 3.8) is 0 Å². The lowest BCUT2D eigenvalue weighted by atomic mass is 10.0. The van der Waals surface area contributed by atoms with Crippen LogP contribution in [0.3, 0.4) is 0 Å². The van der Waals surface area contributed by atoms with E-state index in [1.165, 1.54) is 18.2 Å². The molecule has 0 bridgehead atoms. The topological polar surface area (TPSA) is 192 Å². The zero-order valence-electron chi connectivity index (χ0n) is 16.5. The Balaban J connectivity index is 2.18. The molecule has 0 amide bonds. The Morgan fingerprint density at radius 2 is 1.88 bits per heavy atom. The molecular weight excluding hydrogens is 470 g/mol. The molecule has 1 aromatic rings. The number of aliphatic hydroxyl groups excluding tert-OH is 4. The Kier molecular flexibility index (Phi) is 9.60. The minimum absolute atomic E-state index is 0.238. The van der Waals surface area contributed by atoms with Crippen LogP contribution >= 0.6 is 11.8 Å². The normalized spacial score (nSPS) is 27.4. The van der Waals surface area contributed by atoms with Gasteiger partial charge < -0.3 is 29.9 Å². The number of nitrogens with zero attached hydrogens (tertiary/aromatic N) is 1. The van der Waals surface area contributed by atoms with Gasteiger partial charge in [0.05, 0.1) is 12.2 Å². The van der Waals surface area contributed by atoms with Gasteiger partial charge in [-0.3, -0.25) is 4.55 Å². The Hall–Kier alpha value is -2.04. The van der Waals surface area contributed by atoms with Gasteiger partial charge in [-0.2, -0.15) is 8.42 Å². The van der Waals surface area contributed by atoms with Crippen molar-refractivity contribution in [2.45, 2.75) is 42.4 Å². The molecule has 1 aromatic carbocycles. The molecule has 2 rings (SSSR count). The van der Waals surface area contributed by atoms with Crippen LogP contribution in [0.15, 0.2) is 48.1 Å². The second kappa shape index (κ2) is 11.7. The first-order valence-corrected chi connectivity index (χ1v) is 11.4. The molecule has 178 valence electrons. The first kappa shape index (κ1) is 26.2. The van der Waals surface area contributed by atoms with Crippen LogP contribution in [-0.4, -0.2) is 87.0 Å². The fourth-order valence-corrected chi connectivity index (χ4v) is 3.96. The molecule has 0 aliphatic carbocycles. The molecule has 1 saturated heterocycles. The summed E-state index contributed by atoms with van der Waals surface area (Å²) in [5, 5.41) is 42.3. The summed E-state index contributed by atoms with van der Waals surface area (Å²) < 4.78 is 45.3. The van der Waals surface area contributed by atoms with Crippen LogP contribution in [0.4, 0.5) is 0 Å². The highest BCUT2D eigenvalue weighted by Gasteiger charge is 2.44. The second-order valence-corrected chi connectivity index (χ2v) is 8.73. The monoisotopic (exact) mass is 493 g/mol. The third-order valence-electron chi connectivity index (χ3n) is 4.24. The van der Waals surface area contributed by atoms with E-state index < -0.39 is 58.9 Å². The third kappa shape index (κ3) is 7.53. The zero-order valence-corrected chi connectivity index (χ0v) is 18.1. The van der Waals surface area contributed by atoms with Crippen LogP contribution in [0.2, 0.25) is 0 Å². The lowest BCUT2D eigenvalue weighted by Crippen LogP contribution is -2.57. The predicted octanol–water partition coefficient (Wildman–Crippen LogP) is -0.546. The molecule has 5 N–H and O–H groups in total. The quantitative estimate of drug-likeness (QED) is 0.0737. The highest BCUT2D eigenvalue weighted by Crippen LogP contribution is 2.31. The summed E-state index contributed by atoms with van der Waals surface area (Å²) in [7, 11) is -4.98. The maximum Gasteiger partial charge on any atom is 0.466 e. The highest BCUT2D eigenvalue weighted by molar-refractivity contribution is 8.14. The van der Waals surface area contributed by atoms with Crippen molar-refractivity contribution < 1.29 is 51.9 Å². The molecule has 0 radical (unpaired) electrons. The van der Waals surface area contributed by atoms with Crippen LogP contribution < -0.4 is 0 Å². The van der Waals surface area contributed by atoms with Crippen molar-refractivity contribution >= 4 is 33.2 Å². The Bertz CT molecular complexity index is 907. The van der Waals surface area contributed by atoms with Crippen molar-refractivity contribution in [2.75, 3.05) is 6.61 Å². The fourth-order valence-electron chi connectivity index (χ4n) is 2.62. The number of aliphatic hydroxyl groups is 4. The summed E-state index contributed by atoms with van der Waals surface area (Å²) in [5.74, 6) is -0.705. The van der Waals surface area contributed by atoms with Crippen molar-refractivity contribution in [1.82, 2.24) is 0 Å². The summed E-state index contributed by atoms with van der Waals surface area (Å²) >= 11 is 0.562. The SMILES string of the molecule is C=C[C@H](C/C(=N\OS(=O)(=O)O)S[C@H]1O[C@@H](CO)[C@@H](O)[C@@H](O)[C@H]1O)OC(=O)c1ccccc1. The first-order valence-electron chi connectivity index (χ1n) is 9.14. The molecule has 1 fully saturated rings. The molecule has 0 aromatic heterocycles. The number of hydrogen-bond acceptors (Lipinski definition) is 12. The van der Waals surface area contributed by atoms with Crippen molar-refractivity contribution in [1.29, 1.82) is 0 Å². The van der Waals surface area contributed by atoms with E-state index in [0.29, 0.717) is 11.8 Å². The van der Waals surface area contributed by atoms with E-state index >= 15 is 0 Å². The number of carbonyl (C=O) groups is 1. The Labute approximate surface area is 188 Å². The molecule has 0 spiro atoms. The lowest BCUT2D eigenvalue weighted by Gasteiger charge is -2.39. The minimum atomic E-state index is -4.98. The van der Waals surface area contributed by atoms with Crippen LogP contribution in [0.25, 0.3) is 0 Å². The average Bonchev–Trinajstić information content (AvgIpc) is 2.77. The average molecular weight is 494 g/mol. The minimum Gasteiger partial charge on any atom is -0.454 e. The molecule has 12 nitrogen and oxygen atoms in total. The van der Waals surface area contributed by atoms with Crippen LogP contribution in [0.1, 0.15) is 16.8 Å². The zero-order chi connectivity index (χ0) is 23.9. The van der Waals surface area contributed by atoms with Crippen LogP contribution in [0.5, 0.6) is 0 Å². The molecule has 0 unspecified atom stereocenters. The maximum atomic E-state index is 12.3. The molecule has 6 atom stereocenters. The van der Waals surface area contributed by atoms with E-state index in [0.717, 1.165) is 0 Å². The number of esters is 1. The van der Waals surface area contributed by atoms with E-state index in [-0.39, 0.29) is 17.0 Å². The van der Waals surface area contributed by atoms with Gasteiger partial charge >= 0.3 is 16.4 Å². The Morgan fingerprint density at radius 1 is 1.22 bits per heavy atom. The number of rotatable bonds is 9. The number of ether oxygens (including phenoxy) is 2. The molecule has 14 heteroatoms. The highest BCUT2D eigenvalue weighted by atomic mass is 32.3.